The van der Waals surface area contributed by atoms with E-state index in [9.17, 15) is 0 Å². The smallest absolute Gasteiger partial charge is 0.179 e. The van der Waals surface area contributed by atoms with Crippen LogP contribution in [0.4, 0.5) is 0 Å². The summed E-state index contributed by atoms with van der Waals surface area (Å²) in [7, 11) is 0. The maximum Gasteiger partial charge on any atom is 0.179 e. The molecule has 2 aromatic heterocycles. The average molecular weight is 213 g/mol. The highest BCUT2D eigenvalue weighted by atomic mass is 79.9. The van der Waals surface area contributed by atoms with Gasteiger partial charge in [0.25, 0.3) is 0 Å². The van der Waals surface area contributed by atoms with Gasteiger partial charge in [-0.1, -0.05) is 15.9 Å². The van der Waals surface area contributed by atoms with E-state index in [1.165, 1.54) is 0 Å². The number of rotatable bonds is 1. The minimum absolute atomic E-state index is 0.751. The SMILES string of the molecule is BrCc1cn2cnnc2cn1. The molecular weight excluding hydrogens is 208 g/mol. The Balaban J connectivity index is 2.67. The van der Waals surface area contributed by atoms with Gasteiger partial charge in [-0.2, -0.15) is 0 Å². The zero-order valence-corrected chi connectivity index (χ0v) is 7.19. The first kappa shape index (κ1) is 6.72. The minimum atomic E-state index is 0.751. The van der Waals surface area contributed by atoms with Crippen LogP contribution in [-0.2, 0) is 5.33 Å². The van der Waals surface area contributed by atoms with E-state index in [0.29, 0.717) is 0 Å². The molecule has 2 aromatic rings. The number of hydrogen-bond donors (Lipinski definition) is 0. The van der Waals surface area contributed by atoms with Crippen LogP contribution in [0.15, 0.2) is 18.7 Å². The average Bonchev–Trinajstić information content (AvgIpc) is 2.50. The number of fused-ring (bicyclic) bond motifs is 1. The number of nitrogens with zero attached hydrogens (tertiary/aromatic N) is 4. The molecule has 0 aliphatic heterocycles. The van der Waals surface area contributed by atoms with Gasteiger partial charge < -0.3 is 0 Å². The Morgan fingerprint density at radius 3 is 3.27 bits per heavy atom. The lowest BCUT2D eigenvalue weighted by Gasteiger charge is -1.93. The molecule has 0 fully saturated rings. The zero-order chi connectivity index (χ0) is 7.68. The molecule has 0 saturated heterocycles. The van der Waals surface area contributed by atoms with Gasteiger partial charge in [0.1, 0.15) is 6.33 Å². The van der Waals surface area contributed by atoms with Crippen LogP contribution in [0.1, 0.15) is 5.69 Å². The van der Waals surface area contributed by atoms with E-state index in [0.717, 1.165) is 16.7 Å². The molecule has 2 heterocycles. The van der Waals surface area contributed by atoms with Gasteiger partial charge in [-0.25, -0.2) is 0 Å². The number of halogens is 1. The van der Waals surface area contributed by atoms with Gasteiger partial charge in [0.15, 0.2) is 5.65 Å². The molecule has 0 atom stereocenters. The molecule has 5 heteroatoms. The topological polar surface area (TPSA) is 43.1 Å². The molecular formula is C6H5BrN4. The van der Waals surface area contributed by atoms with E-state index in [-0.39, 0.29) is 0 Å². The largest absolute Gasteiger partial charge is 0.286 e. The molecule has 4 nitrogen and oxygen atoms in total. The molecule has 0 N–H and O–H groups in total. The second-order valence-corrected chi connectivity index (χ2v) is 2.67. The van der Waals surface area contributed by atoms with Gasteiger partial charge >= 0.3 is 0 Å². The molecule has 56 valence electrons. The van der Waals surface area contributed by atoms with Crippen molar-refractivity contribution in [1.82, 2.24) is 19.6 Å². The van der Waals surface area contributed by atoms with Crippen molar-refractivity contribution in [3.8, 4) is 0 Å². The first-order chi connectivity index (χ1) is 5.40. The van der Waals surface area contributed by atoms with E-state index < -0.39 is 0 Å². The fourth-order valence-electron chi connectivity index (χ4n) is 0.847. The van der Waals surface area contributed by atoms with E-state index >= 15 is 0 Å². The Hall–Kier alpha value is -0.970. The quantitative estimate of drug-likeness (QED) is 0.664. The molecule has 0 bridgehead atoms. The van der Waals surface area contributed by atoms with Crippen LogP contribution in [0, 0.1) is 0 Å². The van der Waals surface area contributed by atoms with Crippen molar-refractivity contribution in [1.29, 1.82) is 0 Å². The molecule has 0 unspecified atom stereocenters. The van der Waals surface area contributed by atoms with Crippen molar-refractivity contribution in [2.45, 2.75) is 5.33 Å². The van der Waals surface area contributed by atoms with Gasteiger partial charge in [-0.15, -0.1) is 10.2 Å². The second-order valence-electron chi connectivity index (χ2n) is 2.11. The van der Waals surface area contributed by atoms with E-state index in [2.05, 4.69) is 31.1 Å². The zero-order valence-electron chi connectivity index (χ0n) is 5.61. The summed E-state index contributed by atoms with van der Waals surface area (Å²) in [6.45, 7) is 0. The van der Waals surface area contributed by atoms with Crippen molar-refractivity contribution in [3.63, 3.8) is 0 Å². The third-order valence-electron chi connectivity index (χ3n) is 1.37. The molecule has 0 saturated carbocycles. The Morgan fingerprint density at radius 1 is 1.55 bits per heavy atom. The lowest BCUT2D eigenvalue weighted by Crippen LogP contribution is -1.90. The van der Waals surface area contributed by atoms with E-state index in [1.54, 1.807) is 12.5 Å². The van der Waals surface area contributed by atoms with Crippen LogP contribution in [-0.4, -0.2) is 19.6 Å². The predicted molar refractivity (Wildman–Crippen MR) is 43.4 cm³/mol. The van der Waals surface area contributed by atoms with Crippen molar-refractivity contribution in [2.75, 3.05) is 0 Å². The van der Waals surface area contributed by atoms with Crippen LogP contribution < -0.4 is 0 Å². The first-order valence-corrected chi connectivity index (χ1v) is 4.22. The monoisotopic (exact) mass is 212 g/mol. The van der Waals surface area contributed by atoms with Gasteiger partial charge in [0, 0.05) is 11.5 Å². The normalized spacial score (nSPS) is 10.6. The fraction of sp³-hybridized carbons (Fsp3) is 0.167. The van der Waals surface area contributed by atoms with Crippen molar-refractivity contribution in [3.05, 3.63) is 24.4 Å². The second kappa shape index (κ2) is 2.58. The lowest BCUT2D eigenvalue weighted by molar-refractivity contribution is 1.06. The predicted octanol–water partition coefficient (Wildman–Crippen LogP) is 1.02. The first-order valence-electron chi connectivity index (χ1n) is 3.10. The van der Waals surface area contributed by atoms with E-state index in [1.807, 2.05) is 10.6 Å². The van der Waals surface area contributed by atoms with Crippen LogP contribution in [0.5, 0.6) is 0 Å². The maximum absolute atomic E-state index is 4.13. The molecule has 2 rings (SSSR count). The molecule has 0 spiro atoms. The lowest BCUT2D eigenvalue weighted by atomic mass is 10.5. The highest BCUT2D eigenvalue weighted by Gasteiger charge is 1.95. The molecule has 0 aromatic carbocycles. The highest BCUT2D eigenvalue weighted by Crippen LogP contribution is 2.02. The maximum atomic E-state index is 4.13. The summed E-state index contributed by atoms with van der Waals surface area (Å²) in [6, 6.07) is 0. The number of aromatic nitrogens is 4. The van der Waals surface area contributed by atoms with Gasteiger partial charge in [-0.3, -0.25) is 9.38 Å². The number of hydrogen-bond acceptors (Lipinski definition) is 3. The third-order valence-corrected chi connectivity index (χ3v) is 1.95. The summed E-state index contributed by atoms with van der Waals surface area (Å²) >= 11 is 3.31. The van der Waals surface area contributed by atoms with Crippen LogP contribution in [0.2, 0.25) is 0 Å². The van der Waals surface area contributed by atoms with Crippen LogP contribution >= 0.6 is 15.9 Å². The Bertz CT molecular complexity index is 369. The Labute approximate surface area is 71.4 Å². The Kier molecular flexibility index (Phi) is 1.58. The van der Waals surface area contributed by atoms with Crippen LogP contribution in [0.3, 0.4) is 0 Å². The van der Waals surface area contributed by atoms with E-state index in [4.69, 9.17) is 0 Å². The third kappa shape index (κ3) is 1.11. The summed E-state index contributed by atoms with van der Waals surface area (Å²) in [6.07, 6.45) is 5.25. The summed E-state index contributed by atoms with van der Waals surface area (Å²) in [5, 5.41) is 8.31. The molecule has 0 radical (unpaired) electrons. The van der Waals surface area contributed by atoms with Gasteiger partial charge in [-0.05, 0) is 0 Å². The van der Waals surface area contributed by atoms with Gasteiger partial charge in [0.2, 0.25) is 0 Å². The van der Waals surface area contributed by atoms with Crippen LogP contribution in [0.25, 0.3) is 5.65 Å². The summed E-state index contributed by atoms with van der Waals surface area (Å²) in [5.41, 5.74) is 1.74. The molecule has 11 heavy (non-hydrogen) atoms. The molecule has 0 aliphatic rings. The fourth-order valence-corrected chi connectivity index (χ4v) is 1.14. The highest BCUT2D eigenvalue weighted by molar-refractivity contribution is 9.08. The Morgan fingerprint density at radius 2 is 2.45 bits per heavy atom. The standard InChI is InChI=1S/C6H5BrN4/c7-1-5-3-11-4-9-10-6(11)2-8-5/h2-4H,1H2. The number of alkyl halides is 1. The summed E-state index contributed by atoms with van der Waals surface area (Å²) < 4.78 is 1.84. The van der Waals surface area contributed by atoms with Gasteiger partial charge in [0.05, 0.1) is 11.9 Å². The molecule has 0 amide bonds. The van der Waals surface area contributed by atoms with Crippen molar-refractivity contribution in [2.24, 2.45) is 0 Å². The molecule has 0 aliphatic carbocycles. The van der Waals surface area contributed by atoms with Crippen molar-refractivity contribution >= 4 is 21.6 Å². The summed E-state index contributed by atoms with van der Waals surface area (Å²) in [4.78, 5) is 4.13. The minimum Gasteiger partial charge on any atom is -0.286 e. The van der Waals surface area contributed by atoms with Crippen molar-refractivity contribution < 1.29 is 0 Å². The summed E-state index contributed by atoms with van der Waals surface area (Å²) in [5.74, 6) is 0.